The van der Waals surface area contributed by atoms with Crippen LogP contribution < -0.4 is 0 Å². The van der Waals surface area contributed by atoms with Crippen molar-refractivity contribution in [3.8, 4) is 0 Å². The largest absolute Gasteiger partial charge is 0.397 e. The first-order valence-electron chi connectivity index (χ1n) is 14.0. The lowest BCUT2D eigenvalue weighted by Gasteiger charge is -2.65. The highest BCUT2D eigenvalue weighted by molar-refractivity contribution is 7.80. The van der Waals surface area contributed by atoms with Crippen LogP contribution in [0.1, 0.15) is 92.4 Å². The normalized spacial score (nSPS) is 49.9. The van der Waals surface area contributed by atoms with Gasteiger partial charge in [-0.3, -0.25) is 4.55 Å². The van der Waals surface area contributed by atoms with E-state index in [1.165, 1.54) is 0 Å². The number of aliphatic hydroxyl groups excluding tert-OH is 3. The predicted octanol–water partition coefficient (Wildman–Crippen LogP) is 3.32. The Morgan fingerprint density at radius 3 is 2.31 bits per heavy atom. The highest BCUT2D eigenvalue weighted by atomic mass is 32.3. The van der Waals surface area contributed by atoms with Gasteiger partial charge in [-0.2, -0.15) is 8.42 Å². The minimum Gasteiger partial charge on any atom is -0.393 e. The molecule has 0 bridgehead atoms. The van der Waals surface area contributed by atoms with E-state index >= 15 is 0 Å². The second-order valence-corrected chi connectivity index (χ2v) is 14.7. The maximum absolute atomic E-state index is 11.9. The fraction of sp³-hybridized carbons (Fsp3) is 1.00. The van der Waals surface area contributed by atoms with Crippen LogP contribution in [0.3, 0.4) is 0 Å². The molecule has 4 fully saturated rings. The molecule has 0 radical (unpaired) electrons. The highest BCUT2D eigenvalue weighted by Crippen LogP contribution is 2.69. The van der Waals surface area contributed by atoms with Gasteiger partial charge in [-0.15, -0.1) is 0 Å². The first-order chi connectivity index (χ1) is 16.5. The van der Waals surface area contributed by atoms with E-state index < -0.39 is 51.2 Å². The Morgan fingerprint density at radius 1 is 1.03 bits per heavy atom. The van der Waals surface area contributed by atoms with Crippen LogP contribution >= 0.6 is 0 Å². The molecule has 5 N–H and O–H groups in total. The number of rotatable bonds is 7. The Hall–Kier alpha value is -0.290. The van der Waals surface area contributed by atoms with Gasteiger partial charge in [-0.25, -0.2) is 4.18 Å². The van der Waals surface area contributed by atoms with Crippen molar-refractivity contribution in [1.82, 2.24) is 0 Å². The lowest BCUT2D eigenvalue weighted by molar-refractivity contribution is -0.268. The second-order valence-electron chi connectivity index (χ2n) is 13.6. The molecule has 4 aliphatic carbocycles. The van der Waals surface area contributed by atoms with Gasteiger partial charge >= 0.3 is 10.4 Å². The van der Waals surface area contributed by atoms with Crippen LogP contribution in [0.5, 0.6) is 0 Å². The van der Waals surface area contributed by atoms with Crippen LogP contribution in [-0.4, -0.2) is 63.4 Å². The van der Waals surface area contributed by atoms with Gasteiger partial charge in [0.25, 0.3) is 0 Å². The molecule has 0 aromatic rings. The standard InChI is InChI=1S/C27H48O8S/c1-15(2)7-6-8-16(3)21-24(35-36(32,33)34)23(30)22-18-13-20(29)27(31)14-17(28)9-12-26(27,5)19(18)10-11-25(21,22)4/h15-24,28-31H,6-14H2,1-5H3,(H,32,33,34)/t16-,17+,18?,19?,20-,21+,22?,23-,24-,25-,26-,27+/m1/s1. The third-order valence-corrected chi connectivity index (χ3v) is 11.7. The van der Waals surface area contributed by atoms with Gasteiger partial charge in [0, 0.05) is 11.8 Å². The van der Waals surface area contributed by atoms with Crippen LogP contribution in [0.25, 0.3) is 0 Å². The van der Waals surface area contributed by atoms with Crippen LogP contribution in [0.2, 0.25) is 0 Å². The molecule has 0 aromatic carbocycles. The van der Waals surface area contributed by atoms with Crippen LogP contribution in [0.15, 0.2) is 0 Å². The highest BCUT2D eigenvalue weighted by Gasteiger charge is 2.71. The molecule has 4 rings (SSSR count). The van der Waals surface area contributed by atoms with Gasteiger partial charge in [0.15, 0.2) is 0 Å². The minimum absolute atomic E-state index is 0.0208. The number of aliphatic hydroxyl groups is 4. The lowest BCUT2D eigenvalue weighted by Crippen LogP contribution is -2.69. The van der Waals surface area contributed by atoms with E-state index in [-0.39, 0.29) is 42.4 Å². The summed E-state index contributed by atoms with van der Waals surface area (Å²) >= 11 is 0. The molecule has 0 heterocycles. The lowest BCUT2D eigenvalue weighted by atomic mass is 9.42. The molecule has 0 aromatic heterocycles. The SMILES string of the molecule is CC(C)CCC[C@@H](C)[C@H]1[C@@H](OS(=O)(=O)O)[C@H](O)C2C3C[C@@H](O)[C@@]4(O)C[C@@H](O)CC[C@]4(C)C3CC[C@@]21C. The molecule has 0 saturated heterocycles. The summed E-state index contributed by atoms with van der Waals surface area (Å²) in [6, 6.07) is 0. The zero-order chi connectivity index (χ0) is 26.8. The van der Waals surface area contributed by atoms with Gasteiger partial charge < -0.3 is 20.4 Å². The summed E-state index contributed by atoms with van der Waals surface area (Å²) < 4.78 is 38.6. The zero-order valence-electron chi connectivity index (χ0n) is 22.5. The summed E-state index contributed by atoms with van der Waals surface area (Å²) in [4.78, 5) is 0. The van der Waals surface area contributed by atoms with Crippen LogP contribution in [0.4, 0.5) is 0 Å². The zero-order valence-corrected chi connectivity index (χ0v) is 23.3. The molecule has 9 heteroatoms. The maximum Gasteiger partial charge on any atom is 0.397 e. The van der Waals surface area contributed by atoms with Crippen molar-refractivity contribution >= 4 is 10.4 Å². The maximum atomic E-state index is 11.9. The molecule has 3 unspecified atom stereocenters. The summed E-state index contributed by atoms with van der Waals surface area (Å²) in [5, 5.41) is 44.9. The van der Waals surface area contributed by atoms with Crippen molar-refractivity contribution in [2.24, 2.45) is 46.3 Å². The van der Waals surface area contributed by atoms with E-state index in [9.17, 15) is 33.4 Å². The van der Waals surface area contributed by atoms with Crippen molar-refractivity contribution < 1.29 is 37.6 Å². The van der Waals surface area contributed by atoms with Gasteiger partial charge in [-0.05, 0) is 73.0 Å². The molecule has 4 aliphatic rings. The van der Waals surface area contributed by atoms with Crippen molar-refractivity contribution in [2.75, 3.05) is 0 Å². The number of hydrogen-bond donors (Lipinski definition) is 5. The topological polar surface area (TPSA) is 145 Å². The minimum atomic E-state index is -4.77. The second kappa shape index (κ2) is 9.72. The van der Waals surface area contributed by atoms with E-state index in [2.05, 4.69) is 27.7 Å². The van der Waals surface area contributed by atoms with E-state index in [1.807, 2.05) is 6.92 Å². The number of hydrogen-bond acceptors (Lipinski definition) is 7. The Morgan fingerprint density at radius 2 is 1.69 bits per heavy atom. The van der Waals surface area contributed by atoms with E-state index in [0.717, 1.165) is 32.1 Å². The smallest absolute Gasteiger partial charge is 0.393 e. The molecule has 210 valence electrons. The average Bonchev–Trinajstić information content (AvgIpc) is 2.95. The predicted molar refractivity (Wildman–Crippen MR) is 135 cm³/mol. The Bertz CT molecular complexity index is 909. The van der Waals surface area contributed by atoms with Crippen molar-refractivity contribution in [2.45, 2.75) is 122 Å². The summed E-state index contributed by atoms with van der Waals surface area (Å²) in [6.45, 7) is 10.6. The fourth-order valence-corrected chi connectivity index (χ4v) is 10.1. The third kappa shape index (κ3) is 4.58. The van der Waals surface area contributed by atoms with Crippen LogP contribution in [-0.2, 0) is 14.6 Å². The van der Waals surface area contributed by atoms with Gasteiger partial charge in [0.1, 0.15) is 6.10 Å². The molecule has 0 aliphatic heterocycles. The summed E-state index contributed by atoms with van der Waals surface area (Å²) in [6.07, 6.45) is 2.16. The first-order valence-corrected chi connectivity index (χ1v) is 15.3. The van der Waals surface area contributed by atoms with E-state index in [0.29, 0.717) is 18.8 Å². The quantitative estimate of drug-likeness (QED) is 0.314. The molecule has 4 saturated carbocycles. The molecule has 8 nitrogen and oxygen atoms in total. The Kier molecular flexibility index (Phi) is 7.75. The van der Waals surface area contributed by atoms with Gasteiger partial charge in [0.2, 0.25) is 0 Å². The fourth-order valence-electron chi connectivity index (χ4n) is 9.62. The van der Waals surface area contributed by atoms with E-state index in [4.69, 9.17) is 4.18 Å². The molecule has 0 amide bonds. The number of fused-ring (bicyclic) bond motifs is 5. The van der Waals surface area contributed by atoms with Crippen molar-refractivity contribution in [3.63, 3.8) is 0 Å². The molecule has 12 atom stereocenters. The monoisotopic (exact) mass is 532 g/mol. The summed E-state index contributed by atoms with van der Waals surface area (Å²) in [5.41, 5.74) is -2.44. The average molecular weight is 533 g/mol. The summed E-state index contributed by atoms with van der Waals surface area (Å²) in [7, 11) is -4.77. The van der Waals surface area contributed by atoms with Gasteiger partial charge in [-0.1, -0.05) is 53.9 Å². The van der Waals surface area contributed by atoms with Crippen molar-refractivity contribution in [1.29, 1.82) is 0 Å². The Balaban J connectivity index is 1.70. The molecular weight excluding hydrogens is 484 g/mol. The molecular formula is C27H48O8S. The first kappa shape index (κ1) is 28.7. The van der Waals surface area contributed by atoms with Gasteiger partial charge in [0.05, 0.1) is 23.9 Å². The molecule has 0 spiro atoms. The summed E-state index contributed by atoms with van der Waals surface area (Å²) in [5.74, 6) is -0.0770. The van der Waals surface area contributed by atoms with Crippen molar-refractivity contribution in [3.05, 3.63) is 0 Å². The Labute approximate surface area is 216 Å². The van der Waals surface area contributed by atoms with E-state index in [1.54, 1.807) is 0 Å². The van der Waals surface area contributed by atoms with Crippen LogP contribution in [0, 0.1) is 46.3 Å². The third-order valence-electron chi connectivity index (χ3n) is 11.2. The molecule has 36 heavy (non-hydrogen) atoms.